The van der Waals surface area contributed by atoms with Gasteiger partial charge in [0.1, 0.15) is 0 Å². The average molecular weight is 560 g/mol. The number of amides is 2. The van der Waals surface area contributed by atoms with Crippen molar-refractivity contribution in [3.05, 3.63) is 129 Å². The summed E-state index contributed by atoms with van der Waals surface area (Å²) in [5.41, 5.74) is 2.05. The van der Waals surface area contributed by atoms with Crippen LogP contribution in [-0.4, -0.2) is 41.5 Å². The highest BCUT2D eigenvalue weighted by Crippen LogP contribution is 2.24. The van der Waals surface area contributed by atoms with Crippen molar-refractivity contribution < 1.29 is 43.0 Å². The van der Waals surface area contributed by atoms with Crippen molar-refractivity contribution in [3.63, 3.8) is 0 Å². The Kier molecular flexibility index (Phi) is 6.23. The first-order chi connectivity index (χ1) is 20.2. The van der Waals surface area contributed by atoms with Crippen LogP contribution in [0.25, 0.3) is 0 Å². The van der Waals surface area contributed by atoms with Gasteiger partial charge in [-0.2, -0.15) is 0 Å². The fourth-order valence-corrected chi connectivity index (χ4v) is 4.44. The number of benzene rings is 4. The molecule has 0 unspecified atom stereocenters. The Morgan fingerprint density at radius 3 is 1.14 bits per heavy atom. The first-order valence-electron chi connectivity index (χ1n) is 12.4. The molecule has 11 nitrogen and oxygen atoms in total. The zero-order valence-corrected chi connectivity index (χ0v) is 21.3. The minimum atomic E-state index is -0.811. The van der Waals surface area contributed by atoms with E-state index in [0.717, 1.165) is 0 Å². The third kappa shape index (κ3) is 4.71. The van der Waals surface area contributed by atoms with E-state index in [1.807, 2.05) is 0 Å². The maximum Gasteiger partial charge on any atom is 0.346 e. The largest absolute Gasteiger partial charge is 0.386 e. The van der Waals surface area contributed by atoms with E-state index in [1.165, 1.54) is 60.7 Å². The molecule has 2 amide bonds. The molecule has 2 heterocycles. The lowest BCUT2D eigenvalue weighted by atomic mass is 10.0. The Balaban J connectivity index is 1.09. The molecular formula is C31H16N2O9. The minimum Gasteiger partial charge on any atom is -0.386 e. The van der Waals surface area contributed by atoms with E-state index >= 15 is 0 Å². The predicted octanol–water partition coefficient (Wildman–Crippen LogP) is 4.04. The smallest absolute Gasteiger partial charge is 0.346 e. The molecular weight excluding hydrogens is 544 g/mol. The molecule has 42 heavy (non-hydrogen) atoms. The van der Waals surface area contributed by atoms with Crippen LogP contribution in [0.1, 0.15) is 78.1 Å². The number of hydrogen-bond donors (Lipinski definition) is 2. The molecule has 0 radical (unpaired) electrons. The van der Waals surface area contributed by atoms with Gasteiger partial charge in [0.05, 0.1) is 22.3 Å². The number of ketones is 1. The highest BCUT2D eigenvalue weighted by molar-refractivity contribution is 6.17. The molecule has 2 N–H and O–H groups in total. The van der Waals surface area contributed by atoms with Crippen molar-refractivity contribution in [3.8, 4) is 0 Å². The molecule has 0 aromatic heterocycles. The number of esters is 4. The molecule has 0 saturated carbocycles. The first kappa shape index (κ1) is 26.0. The summed E-state index contributed by atoms with van der Waals surface area (Å²) in [6, 6.07) is 20.4. The topological polar surface area (TPSA) is 162 Å². The van der Waals surface area contributed by atoms with Crippen molar-refractivity contribution in [2.75, 3.05) is 10.6 Å². The van der Waals surface area contributed by atoms with Crippen LogP contribution in [0.4, 0.5) is 11.4 Å². The summed E-state index contributed by atoms with van der Waals surface area (Å²) in [5.74, 6) is -4.47. The molecule has 11 heteroatoms. The molecule has 4 aromatic carbocycles. The van der Waals surface area contributed by atoms with Gasteiger partial charge in [-0.05, 0) is 84.9 Å². The number of ether oxygens (including phenoxy) is 2. The first-order valence-corrected chi connectivity index (χ1v) is 12.4. The normalized spacial score (nSPS) is 13.1. The molecule has 0 fully saturated rings. The van der Waals surface area contributed by atoms with Crippen LogP contribution >= 0.6 is 0 Å². The van der Waals surface area contributed by atoms with Gasteiger partial charge in [-0.25, -0.2) is 19.2 Å². The summed E-state index contributed by atoms with van der Waals surface area (Å²) >= 11 is 0. The third-order valence-corrected chi connectivity index (χ3v) is 6.62. The molecule has 2 aliphatic rings. The number of hydrogen-bond acceptors (Lipinski definition) is 9. The van der Waals surface area contributed by atoms with Gasteiger partial charge in [0.15, 0.2) is 5.78 Å². The van der Waals surface area contributed by atoms with Gasteiger partial charge in [-0.3, -0.25) is 14.4 Å². The van der Waals surface area contributed by atoms with E-state index in [9.17, 15) is 33.6 Å². The highest BCUT2D eigenvalue weighted by atomic mass is 16.6. The molecule has 0 saturated heterocycles. The van der Waals surface area contributed by atoms with Crippen LogP contribution in [0.2, 0.25) is 0 Å². The lowest BCUT2D eigenvalue weighted by Crippen LogP contribution is -2.13. The van der Waals surface area contributed by atoms with Crippen LogP contribution in [0.5, 0.6) is 0 Å². The molecule has 0 spiro atoms. The van der Waals surface area contributed by atoms with Gasteiger partial charge in [-0.15, -0.1) is 0 Å². The molecule has 204 valence electrons. The Labute approximate surface area is 236 Å². The third-order valence-electron chi connectivity index (χ3n) is 6.62. The lowest BCUT2D eigenvalue weighted by molar-refractivity contribution is 0.0425. The average Bonchev–Trinajstić information content (AvgIpc) is 3.45. The quantitative estimate of drug-likeness (QED) is 0.201. The minimum absolute atomic E-state index is 0.0201. The van der Waals surface area contributed by atoms with Gasteiger partial charge < -0.3 is 20.1 Å². The standard InChI is InChI=1S/C31H16N2O9/c34-25(15-1-7-19(8-2-15)32-26(35)17-5-11-21-23(13-17)30(39)41-28(21)37)16-3-9-20(10-4-16)33-27(36)18-6-12-22-24(14-18)31(40)42-29(22)38/h1-14H,(H,32,35)(H,33,36). The maximum absolute atomic E-state index is 13.0. The molecule has 0 bridgehead atoms. The Morgan fingerprint density at radius 2 is 0.762 bits per heavy atom. The van der Waals surface area contributed by atoms with E-state index in [0.29, 0.717) is 22.5 Å². The second-order valence-electron chi connectivity index (χ2n) is 9.27. The van der Waals surface area contributed by atoms with Gasteiger partial charge in [0.2, 0.25) is 0 Å². The predicted molar refractivity (Wildman–Crippen MR) is 145 cm³/mol. The summed E-state index contributed by atoms with van der Waals surface area (Å²) in [7, 11) is 0. The summed E-state index contributed by atoms with van der Waals surface area (Å²) in [4.78, 5) is 84.9. The van der Waals surface area contributed by atoms with E-state index < -0.39 is 35.7 Å². The van der Waals surface area contributed by atoms with Crippen molar-refractivity contribution in [2.24, 2.45) is 0 Å². The number of cyclic esters (lactones) is 4. The van der Waals surface area contributed by atoms with E-state index in [1.54, 1.807) is 24.3 Å². The number of fused-ring (bicyclic) bond motifs is 2. The molecule has 2 aliphatic heterocycles. The van der Waals surface area contributed by atoms with Gasteiger partial charge in [-0.1, -0.05) is 0 Å². The van der Waals surface area contributed by atoms with Gasteiger partial charge in [0.25, 0.3) is 11.8 Å². The van der Waals surface area contributed by atoms with Gasteiger partial charge >= 0.3 is 23.9 Å². The van der Waals surface area contributed by atoms with E-state index in [-0.39, 0.29) is 39.2 Å². The number of anilines is 2. The maximum atomic E-state index is 13.0. The molecule has 4 aromatic rings. The highest BCUT2D eigenvalue weighted by Gasteiger charge is 2.31. The monoisotopic (exact) mass is 560 g/mol. The van der Waals surface area contributed by atoms with Crippen molar-refractivity contribution in [2.45, 2.75) is 0 Å². The van der Waals surface area contributed by atoms with Crippen molar-refractivity contribution in [1.29, 1.82) is 0 Å². The second-order valence-corrected chi connectivity index (χ2v) is 9.27. The Morgan fingerprint density at radius 1 is 0.429 bits per heavy atom. The number of carbonyl (C=O) groups is 7. The zero-order valence-electron chi connectivity index (χ0n) is 21.3. The van der Waals surface area contributed by atoms with Crippen molar-refractivity contribution in [1.82, 2.24) is 0 Å². The van der Waals surface area contributed by atoms with E-state index in [2.05, 4.69) is 20.1 Å². The zero-order chi connectivity index (χ0) is 29.5. The molecule has 6 rings (SSSR count). The number of rotatable bonds is 6. The fraction of sp³-hybridized carbons (Fsp3) is 0. The van der Waals surface area contributed by atoms with Crippen LogP contribution in [0.3, 0.4) is 0 Å². The van der Waals surface area contributed by atoms with Crippen molar-refractivity contribution >= 4 is 52.8 Å². The van der Waals surface area contributed by atoms with Gasteiger partial charge in [0, 0.05) is 33.6 Å². The molecule has 0 aliphatic carbocycles. The summed E-state index contributed by atoms with van der Waals surface area (Å²) in [5, 5.41) is 5.34. The number of nitrogens with one attached hydrogen (secondary N) is 2. The Hall–Kier alpha value is -6.23. The van der Waals surface area contributed by atoms with Crippen LogP contribution in [-0.2, 0) is 9.47 Å². The molecule has 0 atom stereocenters. The Bertz CT molecular complexity index is 1750. The lowest BCUT2D eigenvalue weighted by Gasteiger charge is -2.08. The van der Waals surface area contributed by atoms with E-state index in [4.69, 9.17) is 0 Å². The fourth-order valence-electron chi connectivity index (χ4n) is 4.44. The van der Waals surface area contributed by atoms with Crippen LogP contribution < -0.4 is 10.6 Å². The van der Waals surface area contributed by atoms with Crippen LogP contribution in [0, 0.1) is 0 Å². The summed E-state index contributed by atoms with van der Waals surface area (Å²) in [6.45, 7) is 0. The summed E-state index contributed by atoms with van der Waals surface area (Å²) < 4.78 is 9.07. The SMILES string of the molecule is O=C(Nc1ccc(C(=O)c2ccc(NC(=O)c3ccc4c(c3)C(=O)OC4=O)cc2)cc1)c1ccc2c(c1)C(=O)OC2=O. The second kappa shape index (κ2) is 10.1. The van der Waals surface area contributed by atoms with Crippen LogP contribution in [0.15, 0.2) is 84.9 Å². The summed E-state index contributed by atoms with van der Waals surface area (Å²) in [6.07, 6.45) is 0. The number of carbonyl (C=O) groups excluding carboxylic acids is 7.